The van der Waals surface area contributed by atoms with Crippen molar-refractivity contribution < 1.29 is 9.15 Å². The molecule has 3 heteroatoms. The molecule has 2 heterocycles. The summed E-state index contributed by atoms with van der Waals surface area (Å²) in [6.07, 6.45) is 9.14. The van der Waals surface area contributed by atoms with E-state index in [0.717, 1.165) is 39.1 Å². The van der Waals surface area contributed by atoms with Crippen LogP contribution in [0.2, 0.25) is 0 Å². The van der Waals surface area contributed by atoms with Crippen molar-refractivity contribution in [2.45, 2.75) is 13.3 Å². The number of allylic oxidation sites excluding steroid dienone is 4. The van der Waals surface area contributed by atoms with Gasteiger partial charge in [-0.1, -0.05) is 49.1 Å². The summed E-state index contributed by atoms with van der Waals surface area (Å²) in [5.41, 5.74) is 2.71. The zero-order valence-corrected chi connectivity index (χ0v) is 15.0. The highest BCUT2D eigenvalue weighted by Gasteiger charge is 2.29. The highest BCUT2D eigenvalue weighted by molar-refractivity contribution is 5.91. The van der Waals surface area contributed by atoms with Crippen molar-refractivity contribution in [3.8, 4) is 11.5 Å². The van der Waals surface area contributed by atoms with Gasteiger partial charge >= 0.3 is 5.63 Å². The van der Waals surface area contributed by atoms with Crippen LogP contribution in [-0.4, -0.2) is 0 Å². The van der Waals surface area contributed by atoms with E-state index in [4.69, 9.17) is 9.15 Å². The molecule has 3 aromatic rings. The molecule has 0 N–H and O–H groups in total. The zero-order valence-electron chi connectivity index (χ0n) is 15.0. The molecular formula is C24H18O3. The smallest absolute Gasteiger partial charge is 0.347 e. The van der Waals surface area contributed by atoms with Crippen molar-refractivity contribution >= 4 is 23.1 Å². The minimum Gasteiger partial charge on any atom is -0.455 e. The van der Waals surface area contributed by atoms with Gasteiger partial charge in [-0.15, -0.1) is 0 Å². The van der Waals surface area contributed by atoms with Crippen LogP contribution >= 0.6 is 0 Å². The van der Waals surface area contributed by atoms with Gasteiger partial charge < -0.3 is 9.15 Å². The van der Waals surface area contributed by atoms with Crippen molar-refractivity contribution in [1.82, 2.24) is 0 Å². The quantitative estimate of drug-likeness (QED) is 0.621. The van der Waals surface area contributed by atoms with Gasteiger partial charge in [-0.3, -0.25) is 0 Å². The second kappa shape index (κ2) is 5.85. The summed E-state index contributed by atoms with van der Waals surface area (Å²) < 4.78 is 11.9. The lowest BCUT2D eigenvalue weighted by Crippen LogP contribution is -2.27. The van der Waals surface area contributed by atoms with E-state index in [1.807, 2.05) is 55.5 Å². The molecule has 0 bridgehead atoms. The third kappa shape index (κ3) is 2.47. The van der Waals surface area contributed by atoms with E-state index in [0.29, 0.717) is 16.9 Å². The van der Waals surface area contributed by atoms with E-state index in [-0.39, 0.29) is 11.5 Å². The number of rotatable bonds is 1. The van der Waals surface area contributed by atoms with Crippen molar-refractivity contribution in [2.75, 3.05) is 0 Å². The average Bonchev–Trinajstić information content (AvgIpc) is 2.66. The molecule has 1 aliphatic carbocycles. The van der Waals surface area contributed by atoms with Gasteiger partial charge in [0.1, 0.15) is 16.9 Å². The van der Waals surface area contributed by atoms with Crippen molar-refractivity contribution in [2.24, 2.45) is 5.92 Å². The molecule has 27 heavy (non-hydrogen) atoms. The number of hydrogen-bond donors (Lipinski definition) is 0. The molecule has 0 spiro atoms. The maximum Gasteiger partial charge on any atom is 0.347 e. The Balaban J connectivity index is 1.93. The Morgan fingerprint density at radius 2 is 2.00 bits per heavy atom. The van der Waals surface area contributed by atoms with Gasteiger partial charge in [-0.25, -0.2) is 4.79 Å². The minimum absolute atomic E-state index is 0.0952. The van der Waals surface area contributed by atoms with E-state index < -0.39 is 0 Å². The van der Waals surface area contributed by atoms with E-state index >= 15 is 0 Å². The number of benzene rings is 2. The lowest BCUT2D eigenvalue weighted by atomic mass is 9.84. The third-order valence-corrected chi connectivity index (χ3v) is 5.18. The Labute approximate surface area is 156 Å². The van der Waals surface area contributed by atoms with Crippen LogP contribution < -0.4 is 20.8 Å². The Morgan fingerprint density at radius 1 is 1.11 bits per heavy atom. The summed E-state index contributed by atoms with van der Waals surface area (Å²) in [5.74, 6) is 1.41. The highest BCUT2D eigenvalue weighted by Crippen LogP contribution is 2.40. The number of ether oxygens (including phenoxy) is 1. The van der Waals surface area contributed by atoms with E-state index in [1.54, 1.807) is 0 Å². The molecule has 5 rings (SSSR count). The van der Waals surface area contributed by atoms with Gasteiger partial charge in [0.05, 0.1) is 5.39 Å². The van der Waals surface area contributed by atoms with Crippen LogP contribution in [0.4, 0.5) is 0 Å². The second-order valence-corrected chi connectivity index (χ2v) is 7.09. The molecule has 132 valence electrons. The SMILES string of the molecule is C=c1ccc2c(c1)Oc1c(c(=O)oc3cc(C)ccc13)C=2C1C=CC=CC1. The maximum atomic E-state index is 13.0. The molecule has 2 aromatic carbocycles. The predicted molar refractivity (Wildman–Crippen MR) is 107 cm³/mol. The summed E-state index contributed by atoms with van der Waals surface area (Å²) in [6, 6.07) is 11.7. The molecule has 0 radical (unpaired) electrons. The molecule has 1 atom stereocenters. The Hall–Kier alpha value is -3.33. The summed E-state index contributed by atoms with van der Waals surface area (Å²) >= 11 is 0. The predicted octanol–water partition coefficient (Wildman–Crippen LogP) is 3.95. The first-order chi connectivity index (χ1) is 13.1. The molecule has 0 saturated carbocycles. The van der Waals surface area contributed by atoms with Crippen molar-refractivity contribution in [3.05, 3.63) is 92.7 Å². The molecule has 1 aromatic heterocycles. The first-order valence-electron chi connectivity index (χ1n) is 9.04. The van der Waals surface area contributed by atoms with Gasteiger partial charge in [0.15, 0.2) is 5.75 Å². The largest absolute Gasteiger partial charge is 0.455 e. The molecule has 1 unspecified atom stereocenters. The summed E-state index contributed by atoms with van der Waals surface area (Å²) in [7, 11) is 0. The fourth-order valence-corrected chi connectivity index (χ4v) is 3.92. The van der Waals surface area contributed by atoms with E-state index in [2.05, 4.69) is 18.7 Å². The molecule has 1 aliphatic heterocycles. The van der Waals surface area contributed by atoms with Crippen LogP contribution in [0.1, 0.15) is 17.5 Å². The van der Waals surface area contributed by atoms with Crippen LogP contribution in [-0.2, 0) is 0 Å². The van der Waals surface area contributed by atoms with Gasteiger partial charge in [0, 0.05) is 11.1 Å². The first kappa shape index (κ1) is 15.9. The molecular weight excluding hydrogens is 336 g/mol. The Kier molecular flexibility index (Phi) is 3.44. The lowest BCUT2D eigenvalue weighted by molar-refractivity contribution is 0.460. The van der Waals surface area contributed by atoms with Crippen LogP contribution in [0, 0.1) is 12.8 Å². The summed E-state index contributed by atoms with van der Waals surface area (Å²) in [4.78, 5) is 13.0. The number of hydrogen-bond acceptors (Lipinski definition) is 3. The molecule has 0 fully saturated rings. The molecule has 0 amide bonds. The third-order valence-electron chi connectivity index (χ3n) is 5.18. The second-order valence-electron chi connectivity index (χ2n) is 7.09. The summed E-state index contributed by atoms with van der Waals surface area (Å²) in [6.45, 7) is 5.99. The van der Waals surface area contributed by atoms with E-state index in [1.165, 1.54) is 0 Å². The Morgan fingerprint density at radius 3 is 2.81 bits per heavy atom. The summed E-state index contributed by atoms with van der Waals surface area (Å²) in [5, 5.41) is 2.61. The van der Waals surface area contributed by atoms with Gasteiger partial charge in [-0.2, -0.15) is 0 Å². The monoisotopic (exact) mass is 354 g/mol. The van der Waals surface area contributed by atoms with Crippen LogP contribution in [0.15, 0.2) is 69.9 Å². The topological polar surface area (TPSA) is 39.4 Å². The number of fused-ring (bicyclic) bond motifs is 4. The van der Waals surface area contributed by atoms with Crippen LogP contribution in [0.5, 0.6) is 11.5 Å². The molecule has 0 saturated heterocycles. The maximum absolute atomic E-state index is 13.0. The zero-order chi connectivity index (χ0) is 18.5. The van der Waals surface area contributed by atoms with Crippen LogP contribution in [0.25, 0.3) is 23.1 Å². The molecule has 3 nitrogen and oxygen atoms in total. The molecule has 2 aliphatic rings. The fraction of sp³-hybridized carbons (Fsp3) is 0.125. The number of aryl methyl sites for hydroxylation is 1. The van der Waals surface area contributed by atoms with Gasteiger partial charge in [-0.05, 0) is 47.9 Å². The standard InChI is InChI=1S/C24H18O3/c1-14-8-10-17-19(12-14)26-23-18-11-9-15(2)13-20(18)27-24(25)22(23)21(17)16-6-4-3-5-7-16/h3-6,8-13,16H,1,7H2,2H3. The van der Waals surface area contributed by atoms with Crippen molar-refractivity contribution in [1.29, 1.82) is 0 Å². The highest BCUT2D eigenvalue weighted by atomic mass is 16.5. The van der Waals surface area contributed by atoms with Gasteiger partial charge in [0.2, 0.25) is 0 Å². The average molecular weight is 354 g/mol. The fourth-order valence-electron chi connectivity index (χ4n) is 3.92. The van der Waals surface area contributed by atoms with E-state index in [9.17, 15) is 4.79 Å². The lowest BCUT2D eigenvalue weighted by Gasteiger charge is -2.25. The first-order valence-corrected chi connectivity index (χ1v) is 9.04. The Bertz CT molecular complexity index is 1320. The normalized spacial score (nSPS) is 17.5. The van der Waals surface area contributed by atoms with Crippen LogP contribution in [0.3, 0.4) is 0 Å². The minimum atomic E-state index is -0.356. The van der Waals surface area contributed by atoms with Crippen molar-refractivity contribution in [3.63, 3.8) is 0 Å². The van der Waals surface area contributed by atoms with Gasteiger partial charge in [0.25, 0.3) is 0 Å².